The Morgan fingerprint density at radius 1 is 1.19 bits per heavy atom. The van der Waals surface area contributed by atoms with E-state index in [2.05, 4.69) is 15.6 Å². The maximum absolute atomic E-state index is 12.8. The van der Waals surface area contributed by atoms with Gasteiger partial charge < -0.3 is 15.5 Å². The third kappa shape index (κ3) is 5.91. The van der Waals surface area contributed by atoms with Crippen LogP contribution in [0.4, 0.5) is 24.7 Å². The highest BCUT2D eigenvalue weighted by atomic mass is 35.5. The van der Waals surface area contributed by atoms with Gasteiger partial charge in [0.1, 0.15) is 5.82 Å². The van der Waals surface area contributed by atoms with Gasteiger partial charge in [-0.2, -0.15) is 13.2 Å². The second-order valence-corrected chi connectivity index (χ2v) is 8.02. The molecule has 2 aromatic rings. The van der Waals surface area contributed by atoms with Crippen LogP contribution in [0.25, 0.3) is 0 Å². The third-order valence-corrected chi connectivity index (χ3v) is 5.54. The summed E-state index contributed by atoms with van der Waals surface area (Å²) in [4.78, 5) is 30.2. The van der Waals surface area contributed by atoms with Crippen molar-refractivity contribution >= 4 is 34.9 Å². The molecule has 0 aliphatic carbocycles. The van der Waals surface area contributed by atoms with E-state index in [4.69, 9.17) is 11.6 Å². The van der Waals surface area contributed by atoms with E-state index >= 15 is 0 Å². The van der Waals surface area contributed by atoms with E-state index in [1.807, 2.05) is 6.92 Å². The zero-order chi connectivity index (χ0) is 23.3. The molecule has 0 spiro atoms. The van der Waals surface area contributed by atoms with Crippen molar-refractivity contribution in [2.45, 2.75) is 32.4 Å². The Bertz CT molecular complexity index is 959. The van der Waals surface area contributed by atoms with Gasteiger partial charge in [-0.05, 0) is 49.6 Å². The summed E-state index contributed by atoms with van der Waals surface area (Å²) in [7, 11) is 0. The van der Waals surface area contributed by atoms with Crippen LogP contribution in [0.5, 0.6) is 0 Å². The lowest BCUT2D eigenvalue weighted by molar-refractivity contribution is -0.137. The molecule has 1 aromatic carbocycles. The maximum Gasteiger partial charge on any atom is 0.417 e. The molecule has 1 fully saturated rings. The number of alkyl halides is 3. The number of pyridine rings is 1. The first-order valence-corrected chi connectivity index (χ1v) is 10.7. The average molecular weight is 469 g/mol. The van der Waals surface area contributed by atoms with E-state index in [1.165, 1.54) is 0 Å². The van der Waals surface area contributed by atoms with Crippen molar-refractivity contribution in [2.24, 2.45) is 5.92 Å². The van der Waals surface area contributed by atoms with Gasteiger partial charge in [0.25, 0.3) is 5.91 Å². The number of hydrogen-bond donors (Lipinski definition) is 2. The molecule has 0 bridgehead atoms. The third-order valence-electron chi connectivity index (χ3n) is 5.26. The van der Waals surface area contributed by atoms with Gasteiger partial charge in [0, 0.05) is 43.0 Å². The number of carbonyl (C=O) groups excluding carboxylic acids is 2. The number of hydrogen-bond acceptors (Lipinski definition) is 4. The van der Waals surface area contributed by atoms with Gasteiger partial charge in [0.2, 0.25) is 5.91 Å². The fourth-order valence-corrected chi connectivity index (χ4v) is 3.75. The molecular weight excluding hydrogens is 445 g/mol. The van der Waals surface area contributed by atoms with Crippen LogP contribution in [-0.2, 0) is 11.0 Å². The molecule has 0 radical (unpaired) electrons. The van der Waals surface area contributed by atoms with Gasteiger partial charge in [-0.1, -0.05) is 18.5 Å². The zero-order valence-corrected chi connectivity index (χ0v) is 18.3. The lowest BCUT2D eigenvalue weighted by Gasteiger charge is -2.32. The number of benzene rings is 1. The first-order valence-electron chi connectivity index (χ1n) is 10.4. The predicted molar refractivity (Wildman–Crippen MR) is 117 cm³/mol. The van der Waals surface area contributed by atoms with E-state index in [-0.39, 0.29) is 28.6 Å². The molecule has 1 saturated heterocycles. The van der Waals surface area contributed by atoms with Crippen LogP contribution in [0.2, 0.25) is 5.02 Å². The first-order chi connectivity index (χ1) is 15.2. The molecular formula is C22H24ClF3N4O2. The van der Waals surface area contributed by atoms with E-state index in [9.17, 15) is 22.8 Å². The molecule has 6 nitrogen and oxygen atoms in total. The minimum Gasteiger partial charge on any atom is -0.355 e. The van der Waals surface area contributed by atoms with Gasteiger partial charge in [-0.15, -0.1) is 0 Å². The van der Waals surface area contributed by atoms with Gasteiger partial charge in [0.15, 0.2) is 0 Å². The van der Waals surface area contributed by atoms with Crippen LogP contribution in [-0.4, -0.2) is 36.4 Å². The molecule has 3 rings (SSSR count). The van der Waals surface area contributed by atoms with Crippen molar-refractivity contribution < 1.29 is 22.8 Å². The van der Waals surface area contributed by atoms with Crippen LogP contribution in [0, 0.1) is 5.92 Å². The molecule has 0 atom stereocenters. The van der Waals surface area contributed by atoms with Crippen LogP contribution in [0.1, 0.15) is 42.1 Å². The minimum atomic E-state index is -4.50. The maximum atomic E-state index is 12.8. The van der Waals surface area contributed by atoms with Gasteiger partial charge in [-0.3, -0.25) is 9.59 Å². The summed E-state index contributed by atoms with van der Waals surface area (Å²) >= 11 is 6.03. The SMILES string of the molecule is CCCNC(=O)c1ccc(NC(=O)C2CCN(c3ncc(C(F)(F)F)cc3Cl)CC2)cc1. The average Bonchev–Trinajstić information content (AvgIpc) is 2.77. The van der Waals surface area contributed by atoms with Crippen molar-refractivity contribution in [3.05, 3.63) is 52.7 Å². The monoisotopic (exact) mass is 468 g/mol. The Balaban J connectivity index is 1.54. The second-order valence-electron chi connectivity index (χ2n) is 7.61. The second kappa shape index (κ2) is 10.2. The van der Waals surface area contributed by atoms with Gasteiger partial charge >= 0.3 is 6.18 Å². The van der Waals surface area contributed by atoms with Crippen LogP contribution in [0.3, 0.4) is 0 Å². The molecule has 1 aliphatic heterocycles. The van der Waals surface area contributed by atoms with Gasteiger partial charge in [-0.25, -0.2) is 4.98 Å². The molecule has 0 unspecified atom stereocenters. The molecule has 10 heteroatoms. The molecule has 2 N–H and O–H groups in total. The number of rotatable bonds is 6. The van der Waals surface area contributed by atoms with Crippen molar-refractivity contribution in [3.8, 4) is 0 Å². The summed E-state index contributed by atoms with van der Waals surface area (Å²) < 4.78 is 38.4. The number of piperidine rings is 1. The van der Waals surface area contributed by atoms with Crippen molar-refractivity contribution in [2.75, 3.05) is 29.9 Å². The zero-order valence-electron chi connectivity index (χ0n) is 17.5. The fraction of sp³-hybridized carbons (Fsp3) is 0.409. The standard InChI is InChI=1S/C22H24ClF3N4O2/c1-2-9-27-20(31)14-3-5-17(6-4-14)29-21(32)15-7-10-30(11-8-15)19-18(23)12-16(13-28-19)22(24,25)26/h3-6,12-13,15H,2,7-11H2,1H3,(H,27,31)(H,29,32). The Hall–Kier alpha value is -2.81. The Labute approximate surface area is 189 Å². The van der Waals surface area contributed by atoms with Crippen molar-refractivity contribution in [3.63, 3.8) is 0 Å². The molecule has 172 valence electrons. The number of carbonyl (C=O) groups is 2. The highest BCUT2D eigenvalue weighted by Gasteiger charge is 2.33. The molecule has 1 aromatic heterocycles. The highest BCUT2D eigenvalue weighted by molar-refractivity contribution is 6.33. The summed E-state index contributed by atoms with van der Waals surface area (Å²) in [6, 6.07) is 7.54. The molecule has 2 amide bonds. The number of amides is 2. The molecule has 0 saturated carbocycles. The van der Waals surface area contributed by atoms with E-state index in [0.717, 1.165) is 18.7 Å². The normalized spacial score (nSPS) is 14.8. The summed E-state index contributed by atoms with van der Waals surface area (Å²) in [6.45, 7) is 3.47. The van der Waals surface area contributed by atoms with Crippen LogP contribution < -0.4 is 15.5 Å². The molecule has 32 heavy (non-hydrogen) atoms. The Morgan fingerprint density at radius 2 is 1.84 bits per heavy atom. The summed E-state index contributed by atoms with van der Waals surface area (Å²) in [5, 5.41) is 5.58. The van der Waals surface area contributed by atoms with E-state index in [0.29, 0.717) is 43.7 Å². The molecule has 2 heterocycles. The van der Waals surface area contributed by atoms with Crippen LogP contribution in [0.15, 0.2) is 36.5 Å². The fourth-order valence-electron chi connectivity index (χ4n) is 3.46. The van der Waals surface area contributed by atoms with Crippen molar-refractivity contribution in [1.82, 2.24) is 10.3 Å². The van der Waals surface area contributed by atoms with E-state index < -0.39 is 11.7 Å². The molecule has 1 aliphatic rings. The first kappa shape index (κ1) is 23.8. The van der Waals surface area contributed by atoms with Crippen LogP contribution >= 0.6 is 11.6 Å². The minimum absolute atomic E-state index is 0.0641. The number of nitrogens with zero attached hydrogens (tertiary/aromatic N) is 2. The smallest absolute Gasteiger partial charge is 0.355 e. The quantitative estimate of drug-likeness (QED) is 0.641. The number of aromatic nitrogens is 1. The van der Waals surface area contributed by atoms with Crippen molar-refractivity contribution in [1.29, 1.82) is 0 Å². The Kier molecular flexibility index (Phi) is 7.60. The lowest BCUT2D eigenvalue weighted by Crippen LogP contribution is -2.38. The van der Waals surface area contributed by atoms with Gasteiger partial charge in [0.05, 0.1) is 10.6 Å². The summed E-state index contributed by atoms with van der Waals surface area (Å²) in [5.74, 6) is -0.255. The van der Waals surface area contributed by atoms with E-state index in [1.54, 1.807) is 29.2 Å². The highest BCUT2D eigenvalue weighted by Crippen LogP contribution is 2.34. The largest absolute Gasteiger partial charge is 0.417 e. The number of halogens is 4. The number of nitrogens with one attached hydrogen (secondary N) is 2. The summed E-state index contributed by atoms with van der Waals surface area (Å²) in [5.41, 5.74) is 0.219. The topological polar surface area (TPSA) is 74.3 Å². The summed E-state index contributed by atoms with van der Waals surface area (Å²) in [6.07, 6.45) is -1.85. The lowest BCUT2D eigenvalue weighted by atomic mass is 9.95. The Morgan fingerprint density at radius 3 is 2.41 bits per heavy atom. The number of anilines is 2. The predicted octanol–water partition coefficient (Wildman–Crippen LogP) is 4.75.